The van der Waals surface area contributed by atoms with Crippen LogP contribution in [0.2, 0.25) is 0 Å². The summed E-state index contributed by atoms with van der Waals surface area (Å²) in [6.45, 7) is 1.74. The third-order valence-corrected chi connectivity index (χ3v) is 3.63. The van der Waals surface area contributed by atoms with Crippen molar-refractivity contribution in [2.24, 2.45) is 0 Å². The molecule has 1 aromatic carbocycles. The monoisotopic (exact) mass is 294 g/mol. The van der Waals surface area contributed by atoms with Crippen LogP contribution in [-0.2, 0) is 19.3 Å². The standard InChI is InChI=1S/C15H13F3N2O/c16-15(17,18)12-5-3-11(4-6-12)14(21)20-9-8-19-7-1-2-13(19)10-20/h1-7H,8-10H2. The predicted octanol–water partition coefficient (Wildman–Crippen LogP) is 3.16. The Labute approximate surface area is 119 Å². The van der Waals surface area contributed by atoms with Gasteiger partial charge in [-0.2, -0.15) is 13.2 Å². The van der Waals surface area contributed by atoms with Crippen molar-refractivity contribution in [2.45, 2.75) is 19.3 Å². The maximum absolute atomic E-state index is 12.5. The van der Waals surface area contributed by atoms with Crippen LogP contribution in [0.3, 0.4) is 0 Å². The molecular weight excluding hydrogens is 281 g/mol. The zero-order valence-corrected chi connectivity index (χ0v) is 11.1. The number of aromatic nitrogens is 1. The Morgan fingerprint density at radius 2 is 1.76 bits per heavy atom. The molecule has 2 aromatic rings. The van der Waals surface area contributed by atoms with Gasteiger partial charge in [0.25, 0.3) is 5.91 Å². The number of hydrogen-bond donors (Lipinski definition) is 0. The average Bonchev–Trinajstić information content (AvgIpc) is 2.93. The van der Waals surface area contributed by atoms with Crippen molar-refractivity contribution in [1.29, 1.82) is 0 Å². The van der Waals surface area contributed by atoms with E-state index in [1.54, 1.807) is 4.90 Å². The molecule has 0 N–H and O–H groups in total. The number of hydrogen-bond acceptors (Lipinski definition) is 1. The minimum absolute atomic E-state index is 0.240. The van der Waals surface area contributed by atoms with Crippen LogP contribution in [0.4, 0.5) is 13.2 Å². The summed E-state index contributed by atoms with van der Waals surface area (Å²) >= 11 is 0. The van der Waals surface area contributed by atoms with Crippen LogP contribution >= 0.6 is 0 Å². The number of benzene rings is 1. The zero-order chi connectivity index (χ0) is 15.0. The van der Waals surface area contributed by atoms with Crippen LogP contribution in [0.15, 0.2) is 42.6 Å². The van der Waals surface area contributed by atoms with Gasteiger partial charge < -0.3 is 9.47 Å². The Morgan fingerprint density at radius 1 is 1.05 bits per heavy atom. The largest absolute Gasteiger partial charge is 0.416 e. The molecule has 1 amide bonds. The molecule has 0 unspecified atom stereocenters. The van der Waals surface area contributed by atoms with Gasteiger partial charge in [-0.3, -0.25) is 4.79 Å². The fourth-order valence-corrected chi connectivity index (χ4v) is 2.47. The molecule has 0 spiro atoms. The van der Waals surface area contributed by atoms with Crippen molar-refractivity contribution >= 4 is 5.91 Å². The van der Waals surface area contributed by atoms with Crippen LogP contribution in [0, 0.1) is 0 Å². The van der Waals surface area contributed by atoms with E-state index < -0.39 is 11.7 Å². The Balaban J connectivity index is 1.77. The minimum Gasteiger partial charge on any atom is -0.348 e. The second-order valence-electron chi connectivity index (χ2n) is 4.99. The lowest BCUT2D eigenvalue weighted by Gasteiger charge is -2.28. The molecule has 1 aliphatic rings. The Hall–Kier alpha value is -2.24. The molecule has 0 saturated heterocycles. The summed E-state index contributed by atoms with van der Waals surface area (Å²) in [7, 11) is 0. The first-order chi connectivity index (χ1) is 9.95. The van der Waals surface area contributed by atoms with E-state index in [1.807, 2.05) is 18.3 Å². The third-order valence-electron chi connectivity index (χ3n) is 3.63. The summed E-state index contributed by atoms with van der Waals surface area (Å²) in [6.07, 6.45) is -2.43. The SMILES string of the molecule is O=C(c1ccc(C(F)(F)F)cc1)N1CCn2cccc2C1. The van der Waals surface area contributed by atoms with Crippen LogP contribution < -0.4 is 0 Å². The van der Waals surface area contributed by atoms with Crippen molar-refractivity contribution in [3.63, 3.8) is 0 Å². The summed E-state index contributed by atoms with van der Waals surface area (Å²) in [5.41, 5.74) is 0.566. The zero-order valence-electron chi connectivity index (χ0n) is 11.1. The van der Waals surface area contributed by atoms with Gasteiger partial charge in [0, 0.05) is 30.5 Å². The first-order valence-electron chi connectivity index (χ1n) is 6.56. The predicted molar refractivity (Wildman–Crippen MR) is 70.6 cm³/mol. The number of halogens is 3. The lowest BCUT2D eigenvalue weighted by atomic mass is 10.1. The van der Waals surface area contributed by atoms with Crippen LogP contribution in [-0.4, -0.2) is 21.9 Å². The fourth-order valence-electron chi connectivity index (χ4n) is 2.47. The van der Waals surface area contributed by atoms with Gasteiger partial charge in [0.15, 0.2) is 0 Å². The topological polar surface area (TPSA) is 25.2 Å². The number of alkyl halides is 3. The van der Waals surface area contributed by atoms with Gasteiger partial charge in [-0.15, -0.1) is 0 Å². The summed E-state index contributed by atoms with van der Waals surface area (Å²) in [6, 6.07) is 8.21. The number of fused-ring (bicyclic) bond motifs is 1. The maximum atomic E-state index is 12.5. The average molecular weight is 294 g/mol. The molecule has 0 saturated carbocycles. The normalized spacial score (nSPS) is 14.9. The molecule has 0 fully saturated rings. The van der Waals surface area contributed by atoms with E-state index >= 15 is 0 Å². The van der Waals surface area contributed by atoms with Crippen molar-refractivity contribution in [3.05, 3.63) is 59.4 Å². The van der Waals surface area contributed by atoms with E-state index in [1.165, 1.54) is 12.1 Å². The molecule has 1 aromatic heterocycles. The molecule has 110 valence electrons. The van der Waals surface area contributed by atoms with Gasteiger partial charge >= 0.3 is 6.18 Å². The quantitative estimate of drug-likeness (QED) is 0.793. The number of amides is 1. The van der Waals surface area contributed by atoms with E-state index in [9.17, 15) is 18.0 Å². The van der Waals surface area contributed by atoms with Crippen molar-refractivity contribution in [3.8, 4) is 0 Å². The molecule has 0 atom stereocenters. The third kappa shape index (κ3) is 2.66. The van der Waals surface area contributed by atoms with Gasteiger partial charge in [-0.05, 0) is 36.4 Å². The lowest BCUT2D eigenvalue weighted by molar-refractivity contribution is -0.137. The molecule has 0 bridgehead atoms. The highest BCUT2D eigenvalue weighted by Crippen LogP contribution is 2.29. The number of carbonyl (C=O) groups is 1. The summed E-state index contributed by atoms with van der Waals surface area (Å²) in [4.78, 5) is 14.0. The molecule has 21 heavy (non-hydrogen) atoms. The molecule has 6 heteroatoms. The fraction of sp³-hybridized carbons (Fsp3) is 0.267. The Morgan fingerprint density at radius 3 is 2.43 bits per heavy atom. The number of nitrogens with zero attached hydrogens (tertiary/aromatic N) is 2. The summed E-state index contributed by atoms with van der Waals surface area (Å²) in [5.74, 6) is -0.240. The van der Waals surface area contributed by atoms with Crippen LogP contribution in [0.25, 0.3) is 0 Å². The molecule has 3 nitrogen and oxygen atoms in total. The van der Waals surface area contributed by atoms with E-state index in [2.05, 4.69) is 4.57 Å². The highest BCUT2D eigenvalue weighted by atomic mass is 19.4. The van der Waals surface area contributed by atoms with Crippen LogP contribution in [0.1, 0.15) is 21.6 Å². The highest BCUT2D eigenvalue weighted by molar-refractivity contribution is 5.94. The lowest BCUT2D eigenvalue weighted by Crippen LogP contribution is -2.37. The number of carbonyl (C=O) groups excluding carboxylic acids is 1. The second-order valence-corrected chi connectivity index (χ2v) is 4.99. The van der Waals surface area contributed by atoms with Crippen LogP contribution in [0.5, 0.6) is 0 Å². The van der Waals surface area contributed by atoms with E-state index in [0.717, 1.165) is 17.8 Å². The van der Waals surface area contributed by atoms with Gasteiger partial charge in [0.05, 0.1) is 12.1 Å². The van der Waals surface area contributed by atoms with E-state index in [4.69, 9.17) is 0 Å². The molecule has 3 rings (SSSR count). The molecule has 0 radical (unpaired) electrons. The van der Waals surface area contributed by atoms with Gasteiger partial charge in [-0.25, -0.2) is 0 Å². The molecular formula is C15H13F3N2O. The smallest absolute Gasteiger partial charge is 0.348 e. The van der Waals surface area contributed by atoms with Crippen molar-refractivity contribution < 1.29 is 18.0 Å². The first kappa shape index (κ1) is 13.7. The Kier molecular flexibility index (Phi) is 3.23. The summed E-state index contributed by atoms with van der Waals surface area (Å²) < 4.78 is 39.6. The molecule has 1 aliphatic heterocycles. The molecule has 0 aliphatic carbocycles. The minimum atomic E-state index is -4.38. The van der Waals surface area contributed by atoms with Crippen molar-refractivity contribution in [1.82, 2.24) is 9.47 Å². The molecule has 2 heterocycles. The van der Waals surface area contributed by atoms with Gasteiger partial charge in [0.1, 0.15) is 0 Å². The second kappa shape index (κ2) is 4.95. The van der Waals surface area contributed by atoms with E-state index in [0.29, 0.717) is 19.6 Å². The van der Waals surface area contributed by atoms with Gasteiger partial charge in [0.2, 0.25) is 0 Å². The number of rotatable bonds is 1. The first-order valence-corrected chi connectivity index (χ1v) is 6.56. The highest BCUT2D eigenvalue weighted by Gasteiger charge is 2.30. The van der Waals surface area contributed by atoms with Gasteiger partial charge in [-0.1, -0.05) is 0 Å². The van der Waals surface area contributed by atoms with E-state index in [-0.39, 0.29) is 11.5 Å². The summed E-state index contributed by atoms with van der Waals surface area (Å²) in [5, 5.41) is 0. The van der Waals surface area contributed by atoms with Crippen molar-refractivity contribution in [2.75, 3.05) is 6.54 Å². The maximum Gasteiger partial charge on any atom is 0.416 e. The Bertz CT molecular complexity index is 658.